The van der Waals surface area contributed by atoms with Crippen LogP contribution in [0.5, 0.6) is 0 Å². The third kappa shape index (κ3) is 4.40. The van der Waals surface area contributed by atoms with Crippen LogP contribution in [0.4, 0.5) is 23.2 Å². The van der Waals surface area contributed by atoms with Crippen molar-refractivity contribution in [3.63, 3.8) is 0 Å². The third-order valence-corrected chi connectivity index (χ3v) is 2.27. The number of anilines is 1. The van der Waals surface area contributed by atoms with Crippen LogP contribution in [0.25, 0.3) is 0 Å². The number of halogens is 4. The topological polar surface area (TPSA) is 66.6 Å². The van der Waals surface area contributed by atoms with Crippen molar-refractivity contribution in [2.75, 3.05) is 25.4 Å². The van der Waals surface area contributed by atoms with E-state index < -0.39 is 37.6 Å². The summed E-state index contributed by atoms with van der Waals surface area (Å²) in [7, 11) is 0. The molecule has 0 bridgehead atoms. The highest BCUT2D eigenvalue weighted by Gasteiger charge is 2.33. The van der Waals surface area contributed by atoms with E-state index in [1.807, 2.05) is 0 Å². The van der Waals surface area contributed by atoms with Crippen molar-refractivity contribution >= 4 is 11.6 Å². The molecular formula is C11H12F4N2O2. The molecule has 1 rings (SSSR count). The molecule has 106 valence electrons. The Morgan fingerprint density at radius 3 is 2.47 bits per heavy atom. The molecule has 0 radical (unpaired) electrons. The van der Waals surface area contributed by atoms with Crippen LogP contribution < -0.4 is 5.73 Å². The number of carbonyl (C=O) groups is 1. The highest BCUT2D eigenvalue weighted by Crippen LogP contribution is 2.20. The lowest BCUT2D eigenvalue weighted by molar-refractivity contribution is -0.141. The van der Waals surface area contributed by atoms with Crippen molar-refractivity contribution < 1.29 is 27.5 Å². The fourth-order valence-electron chi connectivity index (χ4n) is 1.49. The van der Waals surface area contributed by atoms with Gasteiger partial charge >= 0.3 is 6.18 Å². The van der Waals surface area contributed by atoms with Crippen LogP contribution in [-0.4, -0.2) is 41.8 Å². The number of benzene rings is 1. The second-order valence-electron chi connectivity index (χ2n) is 3.80. The Morgan fingerprint density at radius 2 is 2.00 bits per heavy atom. The third-order valence-electron chi connectivity index (χ3n) is 2.27. The number of aliphatic hydroxyl groups is 1. The van der Waals surface area contributed by atoms with Crippen LogP contribution in [0.1, 0.15) is 10.4 Å². The summed E-state index contributed by atoms with van der Waals surface area (Å²) in [6.45, 7) is -2.62. The quantitative estimate of drug-likeness (QED) is 0.647. The predicted octanol–water partition coefficient (Wildman–Crippen LogP) is 1.40. The van der Waals surface area contributed by atoms with Crippen molar-refractivity contribution in [3.05, 3.63) is 29.6 Å². The van der Waals surface area contributed by atoms with E-state index in [0.29, 0.717) is 4.90 Å². The number of rotatable bonds is 4. The highest BCUT2D eigenvalue weighted by molar-refractivity contribution is 5.99. The van der Waals surface area contributed by atoms with E-state index in [9.17, 15) is 22.4 Å². The second-order valence-corrected chi connectivity index (χ2v) is 3.80. The monoisotopic (exact) mass is 280 g/mol. The van der Waals surface area contributed by atoms with Gasteiger partial charge in [0.15, 0.2) is 0 Å². The summed E-state index contributed by atoms with van der Waals surface area (Å²) >= 11 is 0. The van der Waals surface area contributed by atoms with E-state index in [0.717, 1.165) is 18.2 Å². The Kier molecular flexibility index (Phi) is 4.71. The molecule has 0 aliphatic carbocycles. The van der Waals surface area contributed by atoms with E-state index in [2.05, 4.69) is 0 Å². The van der Waals surface area contributed by atoms with Gasteiger partial charge in [-0.05, 0) is 18.2 Å². The van der Waals surface area contributed by atoms with Gasteiger partial charge in [-0.2, -0.15) is 13.2 Å². The molecule has 8 heteroatoms. The highest BCUT2D eigenvalue weighted by atomic mass is 19.4. The maximum Gasteiger partial charge on any atom is 0.406 e. The lowest BCUT2D eigenvalue weighted by Gasteiger charge is -2.23. The molecule has 0 aromatic heterocycles. The van der Waals surface area contributed by atoms with Gasteiger partial charge in [0, 0.05) is 12.2 Å². The van der Waals surface area contributed by atoms with Crippen LogP contribution >= 0.6 is 0 Å². The molecule has 0 heterocycles. The van der Waals surface area contributed by atoms with Gasteiger partial charge in [-0.25, -0.2) is 4.39 Å². The largest absolute Gasteiger partial charge is 0.406 e. The number of nitrogens with zero attached hydrogens (tertiary/aromatic N) is 1. The summed E-state index contributed by atoms with van der Waals surface area (Å²) in [5.41, 5.74) is 4.90. The summed E-state index contributed by atoms with van der Waals surface area (Å²) in [5.74, 6) is -1.71. The summed E-state index contributed by atoms with van der Waals surface area (Å²) in [6.07, 6.45) is -4.60. The number of nitrogens with two attached hydrogens (primary N) is 1. The molecule has 3 N–H and O–H groups in total. The first-order valence-electron chi connectivity index (χ1n) is 5.26. The molecule has 0 unspecified atom stereocenters. The van der Waals surface area contributed by atoms with Crippen LogP contribution in [0.15, 0.2) is 18.2 Å². The number of aliphatic hydroxyl groups excluding tert-OH is 1. The zero-order valence-electron chi connectivity index (χ0n) is 9.75. The zero-order valence-corrected chi connectivity index (χ0v) is 9.75. The molecule has 4 nitrogen and oxygen atoms in total. The number of nitrogen functional groups attached to an aromatic ring is 1. The molecule has 0 atom stereocenters. The van der Waals surface area contributed by atoms with Gasteiger partial charge in [-0.15, -0.1) is 0 Å². The molecule has 0 aliphatic heterocycles. The van der Waals surface area contributed by atoms with Crippen LogP contribution in [-0.2, 0) is 0 Å². The molecular weight excluding hydrogens is 268 g/mol. The fraction of sp³-hybridized carbons (Fsp3) is 0.364. The Hall–Kier alpha value is -1.83. The minimum Gasteiger partial charge on any atom is -0.398 e. The van der Waals surface area contributed by atoms with E-state index in [1.165, 1.54) is 0 Å². The molecule has 1 aromatic rings. The molecule has 1 aromatic carbocycles. The molecule has 0 saturated heterocycles. The summed E-state index contributed by atoms with van der Waals surface area (Å²) in [5, 5.41) is 8.69. The lowest BCUT2D eigenvalue weighted by Crippen LogP contribution is -2.40. The Bertz CT molecular complexity index is 462. The van der Waals surface area contributed by atoms with E-state index in [1.54, 1.807) is 0 Å². The molecule has 19 heavy (non-hydrogen) atoms. The normalized spacial score (nSPS) is 11.4. The number of amides is 1. The van der Waals surface area contributed by atoms with Crippen LogP contribution in [0.3, 0.4) is 0 Å². The first kappa shape index (κ1) is 15.2. The van der Waals surface area contributed by atoms with E-state index in [-0.39, 0.29) is 11.3 Å². The molecule has 0 fully saturated rings. The average Bonchev–Trinajstić information content (AvgIpc) is 2.26. The van der Waals surface area contributed by atoms with Crippen molar-refractivity contribution in [2.45, 2.75) is 6.18 Å². The fourth-order valence-corrected chi connectivity index (χ4v) is 1.49. The Balaban J connectivity index is 2.99. The predicted molar refractivity (Wildman–Crippen MR) is 59.9 cm³/mol. The van der Waals surface area contributed by atoms with Gasteiger partial charge in [-0.3, -0.25) is 4.79 Å². The van der Waals surface area contributed by atoms with E-state index >= 15 is 0 Å². The Labute approximate surface area is 106 Å². The van der Waals surface area contributed by atoms with Crippen molar-refractivity contribution in [3.8, 4) is 0 Å². The minimum absolute atomic E-state index is 0.237. The zero-order chi connectivity index (χ0) is 14.6. The maximum absolute atomic E-state index is 12.8. The van der Waals surface area contributed by atoms with Gasteiger partial charge in [0.05, 0.1) is 12.2 Å². The van der Waals surface area contributed by atoms with Gasteiger partial charge < -0.3 is 15.7 Å². The van der Waals surface area contributed by atoms with Crippen LogP contribution in [0.2, 0.25) is 0 Å². The van der Waals surface area contributed by atoms with Crippen molar-refractivity contribution in [1.82, 2.24) is 4.90 Å². The second kappa shape index (κ2) is 5.87. The van der Waals surface area contributed by atoms with E-state index in [4.69, 9.17) is 10.8 Å². The van der Waals surface area contributed by atoms with Gasteiger partial charge in [0.1, 0.15) is 12.4 Å². The minimum atomic E-state index is -4.60. The molecule has 0 spiro atoms. The van der Waals surface area contributed by atoms with Crippen molar-refractivity contribution in [2.24, 2.45) is 0 Å². The molecule has 0 saturated carbocycles. The number of carbonyl (C=O) groups excluding carboxylic acids is 1. The van der Waals surface area contributed by atoms with Gasteiger partial charge in [0.2, 0.25) is 0 Å². The number of hydrogen-bond donors (Lipinski definition) is 2. The standard InChI is InChI=1S/C11H12F4N2O2/c12-7-1-2-8(9(16)5-7)10(19)17(3-4-18)6-11(13,14)15/h1-2,5,18H,3-4,6,16H2. The first-order valence-corrected chi connectivity index (χ1v) is 5.26. The van der Waals surface area contributed by atoms with Gasteiger partial charge in [-0.1, -0.05) is 0 Å². The first-order chi connectivity index (χ1) is 8.74. The van der Waals surface area contributed by atoms with Crippen LogP contribution in [0, 0.1) is 5.82 Å². The van der Waals surface area contributed by atoms with Gasteiger partial charge in [0.25, 0.3) is 5.91 Å². The summed E-state index contributed by atoms with van der Waals surface area (Å²) in [4.78, 5) is 12.3. The lowest BCUT2D eigenvalue weighted by atomic mass is 10.1. The van der Waals surface area contributed by atoms with Crippen molar-refractivity contribution in [1.29, 1.82) is 0 Å². The average molecular weight is 280 g/mol. The Morgan fingerprint density at radius 1 is 1.37 bits per heavy atom. The molecule has 0 aliphatic rings. The molecule has 1 amide bonds. The smallest absolute Gasteiger partial charge is 0.398 e. The summed E-state index contributed by atoms with van der Waals surface area (Å²) in [6, 6.07) is 2.78. The SMILES string of the molecule is Nc1cc(F)ccc1C(=O)N(CCO)CC(F)(F)F. The number of alkyl halides is 3. The number of hydrogen-bond acceptors (Lipinski definition) is 3. The summed E-state index contributed by atoms with van der Waals surface area (Å²) < 4.78 is 49.7. The maximum atomic E-state index is 12.8.